The molecule has 2 atom stereocenters. The number of rotatable bonds is 4. The van der Waals surface area contributed by atoms with Gasteiger partial charge in [-0.15, -0.1) is 0 Å². The molecule has 4 nitrogen and oxygen atoms in total. The lowest BCUT2D eigenvalue weighted by atomic mass is 9.90. The van der Waals surface area contributed by atoms with Gasteiger partial charge in [-0.1, -0.05) is 30.3 Å². The second-order valence-electron chi connectivity index (χ2n) is 4.92. The van der Waals surface area contributed by atoms with Crippen molar-refractivity contribution in [1.29, 1.82) is 0 Å². The van der Waals surface area contributed by atoms with Gasteiger partial charge in [0.2, 0.25) is 0 Å². The van der Waals surface area contributed by atoms with Gasteiger partial charge < -0.3 is 9.47 Å². The van der Waals surface area contributed by atoms with Crippen LogP contribution in [0.2, 0.25) is 0 Å². The number of methoxy groups -OCH3 is 2. The van der Waals surface area contributed by atoms with Crippen molar-refractivity contribution in [2.75, 3.05) is 19.1 Å². The van der Waals surface area contributed by atoms with E-state index in [4.69, 9.17) is 9.47 Å². The molecule has 0 spiro atoms. The summed E-state index contributed by atoms with van der Waals surface area (Å²) in [6.07, 6.45) is -0.422. The fraction of sp³-hybridized carbons (Fsp3) is 0.235. The van der Waals surface area contributed by atoms with Crippen LogP contribution in [0.4, 0.5) is 5.69 Å². The number of anilines is 1. The van der Waals surface area contributed by atoms with Gasteiger partial charge in [0, 0.05) is 12.8 Å². The summed E-state index contributed by atoms with van der Waals surface area (Å²) in [6, 6.07) is 17.3. The topological polar surface area (TPSA) is 38.8 Å². The summed E-state index contributed by atoms with van der Waals surface area (Å²) >= 11 is 0. The van der Waals surface area contributed by atoms with Crippen molar-refractivity contribution in [2.24, 2.45) is 0 Å². The molecule has 2 aromatic rings. The summed E-state index contributed by atoms with van der Waals surface area (Å²) in [5.41, 5.74) is 1.92. The van der Waals surface area contributed by atoms with Gasteiger partial charge in [-0.3, -0.25) is 9.69 Å². The van der Waals surface area contributed by atoms with E-state index in [2.05, 4.69) is 0 Å². The number of benzene rings is 2. The van der Waals surface area contributed by atoms with Crippen LogP contribution >= 0.6 is 0 Å². The lowest BCUT2D eigenvalue weighted by Crippen LogP contribution is -2.59. The number of carbonyl (C=O) groups excluding carboxylic acids is 1. The van der Waals surface area contributed by atoms with Crippen LogP contribution in [-0.4, -0.2) is 26.2 Å². The van der Waals surface area contributed by atoms with Crippen LogP contribution in [0.25, 0.3) is 0 Å². The summed E-state index contributed by atoms with van der Waals surface area (Å²) in [5.74, 6) is 0.753. The van der Waals surface area contributed by atoms with E-state index in [9.17, 15) is 4.79 Å². The average molecular weight is 283 g/mol. The highest BCUT2D eigenvalue weighted by molar-refractivity contribution is 6.05. The molecule has 1 saturated heterocycles. The molecule has 21 heavy (non-hydrogen) atoms. The summed E-state index contributed by atoms with van der Waals surface area (Å²) in [6.45, 7) is 0. The Morgan fingerprint density at radius 3 is 2.19 bits per heavy atom. The van der Waals surface area contributed by atoms with Crippen LogP contribution in [0.1, 0.15) is 11.6 Å². The predicted molar refractivity (Wildman–Crippen MR) is 80.5 cm³/mol. The summed E-state index contributed by atoms with van der Waals surface area (Å²) in [5, 5.41) is 0. The van der Waals surface area contributed by atoms with Crippen molar-refractivity contribution in [3.8, 4) is 5.75 Å². The van der Waals surface area contributed by atoms with Gasteiger partial charge in [-0.25, -0.2) is 0 Å². The van der Waals surface area contributed by atoms with Crippen molar-refractivity contribution >= 4 is 11.6 Å². The molecular formula is C17H17NO3. The molecule has 1 aliphatic rings. The van der Waals surface area contributed by atoms with Crippen molar-refractivity contribution in [3.05, 3.63) is 60.2 Å². The maximum Gasteiger partial charge on any atom is 0.259 e. The molecule has 0 unspecified atom stereocenters. The summed E-state index contributed by atoms with van der Waals surface area (Å²) in [7, 11) is 3.20. The zero-order chi connectivity index (χ0) is 14.8. The van der Waals surface area contributed by atoms with E-state index in [1.54, 1.807) is 19.1 Å². The maximum atomic E-state index is 12.3. The van der Waals surface area contributed by atoms with E-state index in [1.807, 2.05) is 54.6 Å². The molecule has 3 rings (SSSR count). The molecule has 1 fully saturated rings. The molecule has 1 amide bonds. The van der Waals surface area contributed by atoms with Crippen LogP contribution in [-0.2, 0) is 9.53 Å². The summed E-state index contributed by atoms with van der Waals surface area (Å²) < 4.78 is 10.5. The minimum Gasteiger partial charge on any atom is -0.497 e. The van der Waals surface area contributed by atoms with Gasteiger partial charge in [0.05, 0.1) is 13.2 Å². The van der Waals surface area contributed by atoms with Crippen molar-refractivity contribution in [2.45, 2.75) is 12.1 Å². The zero-order valence-electron chi connectivity index (χ0n) is 12.0. The molecule has 0 radical (unpaired) electrons. The van der Waals surface area contributed by atoms with Crippen molar-refractivity contribution in [1.82, 2.24) is 0 Å². The first-order valence-corrected chi connectivity index (χ1v) is 6.81. The third kappa shape index (κ3) is 2.28. The molecular weight excluding hydrogens is 266 g/mol. The molecule has 1 aliphatic heterocycles. The average Bonchev–Trinajstić information content (AvgIpc) is 2.54. The lowest BCUT2D eigenvalue weighted by molar-refractivity contribution is -0.139. The molecule has 2 aromatic carbocycles. The number of hydrogen-bond acceptors (Lipinski definition) is 3. The van der Waals surface area contributed by atoms with E-state index in [0.717, 1.165) is 17.0 Å². The number of carbonyl (C=O) groups is 1. The monoisotopic (exact) mass is 283 g/mol. The molecule has 0 bridgehead atoms. The Morgan fingerprint density at radius 1 is 0.952 bits per heavy atom. The van der Waals surface area contributed by atoms with Crippen LogP contribution in [0.15, 0.2) is 54.6 Å². The molecule has 4 heteroatoms. The van der Waals surface area contributed by atoms with Gasteiger partial charge >= 0.3 is 0 Å². The highest BCUT2D eigenvalue weighted by atomic mass is 16.5. The lowest BCUT2D eigenvalue weighted by Gasteiger charge is -2.46. The van der Waals surface area contributed by atoms with Crippen LogP contribution in [0.5, 0.6) is 5.75 Å². The number of hydrogen-bond donors (Lipinski definition) is 0. The molecule has 0 aromatic heterocycles. The quantitative estimate of drug-likeness (QED) is 0.810. The Bertz CT molecular complexity index is 624. The second-order valence-corrected chi connectivity index (χ2v) is 4.92. The Labute approximate surface area is 123 Å². The van der Waals surface area contributed by atoms with E-state index >= 15 is 0 Å². The Morgan fingerprint density at radius 2 is 1.62 bits per heavy atom. The van der Waals surface area contributed by atoms with Crippen LogP contribution in [0.3, 0.4) is 0 Å². The van der Waals surface area contributed by atoms with Crippen LogP contribution in [0, 0.1) is 0 Å². The predicted octanol–water partition coefficient (Wildman–Crippen LogP) is 2.80. The van der Waals surface area contributed by atoms with Crippen molar-refractivity contribution < 1.29 is 14.3 Å². The summed E-state index contributed by atoms with van der Waals surface area (Å²) in [4.78, 5) is 14.1. The molecule has 0 N–H and O–H groups in total. The zero-order valence-corrected chi connectivity index (χ0v) is 12.0. The van der Waals surface area contributed by atoms with Crippen LogP contribution < -0.4 is 9.64 Å². The van der Waals surface area contributed by atoms with Gasteiger partial charge in [0.25, 0.3) is 5.91 Å². The van der Waals surface area contributed by atoms with E-state index in [0.29, 0.717) is 0 Å². The van der Waals surface area contributed by atoms with Crippen molar-refractivity contribution in [3.63, 3.8) is 0 Å². The Balaban J connectivity index is 1.94. The number of nitrogens with zero attached hydrogens (tertiary/aromatic N) is 1. The molecule has 0 aliphatic carbocycles. The molecule has 0 saturated carbocycles. The Hall–Kier alpha value is -2.33. The standard InChI is InChI=1S/C17H17NO3/c1-20-14-10-8-13(9-11-14)18-15(16(21-2)17(18)19)12-6-4-3-5-7-12/h3-11,15-16H,1-2H3/t15-,16+/m0/s1. The van der Waals surface area contributed by atoms with Gasteiger partial charge in [0.15, 0.2) is 6.10 Å². The second kappa shape index (κ2) is 5.58. The van der Waals surface area contributed by atoms with Gasteiger partial charge in [-0.2, -0.15) is 0 Å². The van der Waals surface area contributed by atoms with Gasteiger partial charge in [0.1, 0.15) is 5.75 Å². The molecule has 108 valence electrons. The molecule has 1 heterocycles. The third-order valence-corrected chi connectivity index (χ3v) is 3.79. The highest BCUT2D eigenvalue weighted by Gasteiger charge is 2.49. The first-order valence-electron chi connectivity index (χ1n) is 6.81. The Kier molecular flexibility index (Phi) is 3.62. The SMILES string of the molecule is COc1ccc(N2C(=O)[C@H](OC)[C@@H]2c2ccccc2)cc1. The highest BCUT2D eigenvalue weighted by Crippen LogP contribution is 2.40. The van der Waals surface area contributed by atoms with E-state index in [1.165, 1.54) is 0 Å². The van der Waals surface area contributed by atoms with E-state index in [-0.39, 0.29) is 11.9 Å². The normalized spacial score (nSPS) is 21.0. The smallest absolute Gasteiger partial charge is 0.259 e. The fourth-order valence-electron chi connectivity index (χ4n) is 2.70. The first-order chi connectivity index (χ1) is 10.3. The van der Waals surface area contributed by atoms with E-state index < -0.39 is 6.10 Å². The largest absolute Gasteiger partial charge is 0.497 e. The minimum absolute atomic E-state index is 0.0171. The number of amides is 1. The van der Waals surface area contributed by atoms with Gasteiger partial charge in [-0.05, 0) is 29.8 Å². The fourth-order valence-corrected chi connectivity index (χ4v) is 2.70. The minimum atomic E-state index is -0.422. The first kappa shape index (κ1) is 13.6. The third-order valence-electron chi connectivity index (χ3n) is 3.79. The number of β-lactam (4-membered cyclic amide) rings is 1. The maximum absolute atomic E-state index is 12.3. The number of ether oxygens (including phenoxy) is 2.